The number of hydrogen-bond acceptors (Lipinski definition) is 8. The second-order valence-corrected chi connectivity index (χ2v) is 9.29. The van der Waals surface area contributed by atoms with E-state index in [0.717, 1.165) is 43.9 Å². The molecule has 1 N–H and O–H groups in total. The summed E-state index contributed by atoms with van der Waals surface area (Å²) in [6.07, 6.45) is 0. The molecule has 0 spiro atoms. The molecule has 0 atom stereocenters. The summed E-state index contributed by atoms with van der Waals surface area (Å²) >= 11 is 2.92. The van der Waals surface area contributed by atoms with E-state index in [0.29, 0.717) is 11.6 Å². The zero-order chi connectivity index (χ0) is 23.9. The standard InChI is InChI=1S/C25H24N4O3S2/c1-16-24(34-25(27-16)17-8-10-19(31-2)11-9-17)20-12-13-23(29-28-20)33-15-22(30)26-14-18-6-4-5-7-21(18)32-3/h4-13H,14-15H2,1-3H3,(H,26,30). The molecular weight excluding hydrogens is 468 g/mol. The number of hydrogen-bond donors (Lipinski definition) is 1. The van der Waals surface area contributed by atoms with Crippen molar-refractivity contribution in [1.29, 1.82) is 0 Å². The van der Waals surface area contributed by atoms with Gasteiger partial charge in [-0.3, -0.25) is 4.79 Å². The predicted octanol–water partition coefficient (Wildman–Crippen LogP) is 5.00. The first-order valence-corrected chi connectivity index (χ1v) is 12.3. The molecule has 34 heavy (non-hydrogen) atoms. The molecule has 0 saturated carbocycles. The minimum absolute atomic E-state index is 0.0794. The van der Waals surface area contributed by atoms with Crippen LogP contribution >= 0.6 is 23.1 Å². The number of benzene rings is 2. The molecule has 0 saturated heterocycles. The van der Waals surface area contributed by atoms with Gasteiger partial charge in [0.25, 0.3) is 0 Å². The third-order valence-electron chi connectivity index (χ3n) is 5.03. The second-order valence-electron chi connectivity index (χ2n) is 7.30. The van der Waals surface area contributed by atoms with Crippen molar-refractivity contribution in [1.82, 2.24) is 20.5 Å². The van der Waals surface area contributed by atoms with Gasteiger partial charge in [-0.05, 0) is 49.4 Å². The molecule has 4 rings (SSSR count). The summed E-state index contributed by atoms with van der Waals surface area (Å²) in [5.41, 5.74) is 3.63. The number of thiazole rings is 1. The second kappa shape index (κ2) is 11.1. The average Bonchev–Trinajstić information content (AvgIpc) is 3.28. The fourth-order valence-corrected chi connectivity index (χ4v) is 4.92. The number of aryl methyl sites for hydroxylation is 1. The Hall–Kier alpha value is -3.43. The van der Waals surface area contributed by atoms with Crippen molar-refractivity contribution >= 4 is 29.0 Å². The van der Waals surface area contributed by atoms with Crippen molar-refractivity contribution in [3.63, 3.8) is 0 Å². The highest BCUT2D eigenvalue weighted by Crippen LogP contribution is 2.35. The highest BCUT2D eigenvalue weighted by molar-refractivity contribution is 7.99. The molecule has 0 unspecified atom stereocenters. The van der Waals surface area contributed by atoms with Gasteiger partial charge in [0.15, 0.2) is 0 Å². The van der Waals surface area contributed by atoms with E-state index in [1.807, 2.05) is 67.6 Å². The fourth-order valence-electron chi connectivity index (χ4n) is 3.24. The third kappa shape index (κ3) is 5.73. The Morgan fingerprint density at radius 2 is 1.79 bits per heavy atom. The van der Waals surface area contributed by atoms with Crippen LogP contribution in [0.25, 0.3) is 21.1 Å². The number of rotatable bonds is 9. The van der Waals surface area contributed by atoms with Crippen LogP contribution in [0.2, 0.25) is 0 Å². The summed E-state index contributed by atoms with van der Waals surface area (Å²) in [6, 6.07) is 19.2. The Morgan fingerprint density at radius 3 is 2.50 bits per heavy atom. The van der Waals surface area contributed by atoms with E-state index < -0.39 is 0 Å². The Morgan fingerprint density at radius 1 is 1.00 bits per heavy atom. The molecule has 0 aliphatic heterocycles. The average molecular weight is 493 g/mol. The van der Waals surface area contributed by atoms with Crippen LogP contribution in [0.15, 0.2) is 65.7 Å². The first-order chi connectivity index (χ1) is 16.6. The normalized spacial score (nSPS) is 10.7. The highest BCUT2D eigenvalue weighted by Gasteiger charge is 2.14. The van der Waals surface area contributed by atoms with Gasteiger partial charge < -0.3 is 14.8 Å². The van der Waals surface area contributed by atoms with E-state index in [-0.39, 0.29) is 11.7 Å². The summed E-state index contributed by atoms with van der Waals surface area (Å²) in [5, 5.41) is 13.2. The number of nitrogens with one attached hydrogen (secondary N) is 1. The van der Waals surface area contributed by atoms with Gasteiger partial charge in [0.2, 0.25) is 5.91 Å². The zero-order valence-electron chi connectivity index (χ0n) is 19.1. The molecule has 0 bridgehead atoms. The molecule has 7 nitrogen and oxygen atoms in total. The van der Waals surface area contributed by atoms with Gasteiger partial charge in [-0.2, -0.15) is 0 Å². The van der Waals surface area contributed by atoms with Crippen molar-refractivity contribution in [2.75, 3.05) is 20.0 Å². The van der Waals surface area contributed by atoms with Crippen molar-refractivity contribution < 1.29 is 14.3 Å². The van der Waals surface area contributed by atoms with Gasteiger partial charge in [-0.1, -0.05) is 30.0 Å². The van der Waals surface area contributed by atoms with Crippen LogP contribution in [-0.2, 0) is 11.3 Å². The maximum absolute atomic E-state index is 12.3. The summed E-state index contributed by atoms with van der Waals surface area (Å²) in [4.78, 5) is 17.9. The number of ether oxygens (including phenoxy) is 2. The lowest BCUT2D eigenvalue weighted by atomic mass is 10.2. The van der Waals surface area contributed by atoms with E-state index in [2.05, 4.69) is 15.5 Å². The third-order valence-corrected chi connectivity index (χ3v) is 7.17. The number of nitrogens with zero attached hydrogens (tertiary/aromatic N) is 3. The minimum atomic E-state index is -0.0794. The molecule has 2 aromatic heterocycles. The van der Waals surface area contributed by atoms with Gasteiger partial charge in [0.1, 0.15) is 27.2 Å². The van der Waals surface area contributed by atoms with E-state index in [9.17, 15) is 4.79 Å². The summed E-state index contributed by atoms with van der Waals surface area (Å²) in [7, 11) is 3.27. The molecule has 9 heteroatoms. The van der Waals surface area contributed by atoms with Crippen molar-refractivity contribution in [2.24, 2.45) is 0 Å². The lowest BCUT2D eigenvalue weighted by Crippen LogP contribution is -2.24. The molecule has 4 aromatic rings. The molecule has 0 radical (unpaired) electrons. The van der Waals surface area contributed by atoms with Gasteiger partial charge >= 0.3 is 0 Å². The Balaban J connectivity index is 1.35. The summed E-state index contributed by atoms with van der Waals surface area (Å²) in [6.45, 7) is 2.38. The van der Waals surface area contributed by atoms with Crippen LogP contribution in [0, 0.1) is 6.92 Å². The number of carbonyl (C=O) groups excluding carboxylic acids is 1. The molecule has 2 heterocycles. The Kier molecular flexibility index (Phi) is 7.76. The van der Waals surface area contributed by atoms with Crippen LogP contribution in [0.1, 0.15) is 11.3 Å². The molecule has 174 valence electrons. The summed E-state index contributed by atoms with van der Waals surface area (Å²) < 4.78 is 10.5. The number of aromatic nitrogens is 3. The largest absolute Gasteiger partial charge is 0.497 e. The topological polar surface area (TPSA) is 86.2 Å². The van der Waals surface area contributed by atoms with Crippen molar-refractivity contribution in [3.05, 3.63) is 71.9 Å². The number of para-hydroxylation sites is 1. The number of amides is 1. The lowest BCUT2D eigenvalue weighted by molar-refractivity contribution is -0.118. The molecule has 0 aliphatic carbocycles. The number of thioether (sulfide) groups is 1. The van der Waals surface area contributed by atoms with Gasteiger partial charge in [0, 0.05) is 17.7 Å². The minimum Gasteiger partial charge on any atom is -0.497 e. The van der Waals surface area contributed by atoms with Gasteiger partial charge in [0.05, 0.1) is 30.5 Å². The van der Waals surface area contributed by atoms with Crippen LogP contribution in [0.5, 0.6) is 11.5 Å². The summed E-state index contributed by atoms with van der Waals surface area (Å²) in [5.74, 6) is 1.74. The molecule has 0 aliphatic rings. The monoisotopic (exact) mass is 492 g/mol. The van der Waals surface area contributed by atoms with E-state index in [1.165, 1.54) is 11.8 Å². The van der Waals surface area contributed by atoms with E-state index >= 15 is 0 Å². The zero-order valence-corrected chi connectivity index (χ0v) is 20.7. The van der Waals surface area contributed by atoms with Crippen LogP contribution < -0.4 is 14.8 Å². The van der Waals surface area contributed by atoms with Crippen molar-refractivity contribution in [3.8, 4) is 32.6 Å². The van der Waals surface area contributed by atoms with Gasteiger partial charge in [-0.15, -0.1) is 21.5 Å². The fraction of sp³-hybridized carbons (Fsp3) is 0.200. The first-order valence-electron chi connectivity index (χ1n) is 10.5. The SMILES string of the molecule is COc1ccc(-c2nc(C)c(-c3ccc(SCC(=O)NCc4ccccc4OC)nn3)s2)cc1. The quantitative estimate of drug-likeness (QED) is 0.329. The number of methoxy groups -OCH3 is 2. The smallest absolute Gasteiger partial charge is 0.230 e. The number of carbonyl (C=O) groups is 1. The predicted molar refractivity (Wildman–Crippen MR) is 135 cm³/mol. The highest BCUT2D eigenvalue weighted by atomic mass is 32.2. The van der Waals surface area contributed by atoms with Gasteiger partial charge in [-0.25, -0.2) is 4.98 Å². The maximum Gasteiger partial charge on any atom is 0.230 e. The lowest BCUT2D eigenvalue weighted by Gasteiger charge is -2.09. The van der Waals surface area contributed by atoms with Crippen LogP contribution in [-0.4, -0.2) is 41.1 Å². The van der Waals surface area contributed by atoms with Crippen molar-refractivity contribution in [2.45, 2.75) is 18.5 Å². The molecule has 1 amide bonds. The Labute approximate surface area is 206 Å². The maximum atomic E-state index is 12.3. The van der Waals surface area contributed by atoms with Crippen LogP contribution in [0.3, 0.4) is 0 Å². The van der Waals surface area contributed by atoms with E-state index in [1.54, 1.807) is 25.6 Å². The molecular formula is C25H24N4O3S2. The van der Waals surface area contributed by atoms with E-state index in [4.69, 9.17) is 14.5 Å². The molecule has 2 aromatic carbocycles. The molecule has 0 fully saturated rings. The van der Waals surface area contributed by atoms with Crippen LogP contribution in [0.4, 0.5) is 0 Å². The first kappa shape index (κ1) is 23.7. The Bertz CT molecular complexity index is 1260.